The van der Waals surface area contributed by atoms with Gasteiger partial charge in [-0.3, -0.25) is 0 Å². The molecule has 0 saturated heterocycles. The third kappa shape index (κ3) is 8.38. The van der Waals surface area contributed by atoms with Gasteiger partial charge in [0.25, 0.3) is 6.01 Å². The molecule has 0 radical (unpaired) electrons. The SMILES string of the molecule is CC.Cc1ccc(Oc2nc3cc(OCCCCC/C(N)=C/N(C)N)c(Cl)cc3[nH]2)cc1C(=O)O. The number of H-pyrrole nitrogens is 1. The molecule has 35 heavy (non-hydrogen) atoms. The number of allylic oxidation sites excluding steroid dienone is 1. The maximum Gasteiger partial charge on any atom is 0.336 e. The zero-order valence-electron chi connectivity index (χ0n) is 20.6. The number of aryl methyl sites for hydroxylation is 1. The minimum atomic E-state index is -1.01. The van der Waals surface area contributed by atoms with Gasteiger partial charge in [0.2, 0.25) is 0 Å². The highest BCUT2D eigenvalue weighted by Crippen LogP contribution is 2.31. The summed E-state index contributed by atoms with van der Waals surface area (Å²) < 4.78 is 11.6. The first-order valence-electron chi connectivity index (χ1n) is 11.5. The summed E-state index contributed by atoms with van der Waals surface area (Å²) in [6.07, 6.45) is 5.23. The lowest BCUT2D eigenvalue weighted by Gasteiger charge is -2.09. The number of fused-ring (bicyclic) bond motifs is 1. The van der Waals surface area contributed by atoms with Crippen LogP contribution < -0.4 is 21.1 Å². The Morgan fingerprint density at radius 2 is 1.97 bits per heavy atom. The summed E-state index contributed by atoms with van der Waals surface area (Å²) in [6.45, 7) is 6.24. The molecule has 0 aliphatic heterocycles. The number of aromatic amines is 1. The van der Waals surface area contributed by atoms with Crippen LogP contribution in [0.1, 0.15) is 55.5 Å². The molecule has 9 nitrogen and oxygen atoms in total. The molecule has 0 saturated carbocycles. The summed E-state index contributed by atoms with van der Waals surface area (Å²) in [5.74, 6) is 5.42. The van der Waals surface area contributed by atoms with Crippen LogP contribution in [0.5, 0.6) is 17.5 Å². The standard InChI is InChI=1S/C23H28ClN5O4.C2H6/c1-14-7-8-16(10-17(14)22(30)31)33-23-27-19-11-18(24)21(12-20(19)28-23)32-9-5-3-4-6-15(25)13-29(2)26;1-2/h7-8,10-13H,3-6,9,25-26H2,1-2H3,(H,27,28)(H,30,31);1-2H3/b15-13-;. The Morgan fingerprint density at radius 1 is 1.23 bits per heavy atom. The largest absolute Gasteiger partial charge is 0.492 e. The number of aromatic carboxylic acids is 1. The number of aromatic nitrogens is 2. The normalized spacial score (nSPS) is 11.1. The molecule has 2 aromatic carbocycles. The molecule has 1 aromatic heterocycles. The molecule has 3 rings (SSSR count). The van der Waals surface area contributed by atoms with Crippen LogP contribution >= 0.6 is 11.6 Å². The van der Waals surface area contributed by atoms with E-state index >= 15 is 0 Å². The molecule has 0 amide bonds. The number of benzene rings is 2. The predicted molar refractivity (Wildman–Crippen MR) is 139 cm³/mol. The maximum atomic E-state index is 11.3. The van der Waals surface area contributed by atoms with E-state index in [1.165, 1.54) is 11.1 Å². The number of imidazole rings is 1. The lowest BCUT2D eigenvalue weighted by Crippen LogP contribution is -2.20. The molecule has 6 N–H and O–H groups in total. The van der Waals surface area contributed by atoms with Crippen LogP contribution in [-0.4, -0.2) is 39.7 Å². The topological polar surface area (TPSA) is 140 Å². The van der Waals surface area contributed by atoms with Crippen molar-refractivity contribution in [2.45, 2.75) is 46.5 Å². The van der Waals surface area contributed by atoms with E-state index in [1.807, 2.05) is 13.8 Å². The van der Waals surface area contributed by atoms with Crippen molar-refractivity contribution in [3.05, 3.63) is 58.4 Å². The summed E-state index contributed by atoms with van der Waals surface area (Å²) in [7, 11) is 1.73. The Hall–Kier alpha value is -3.43. The van der Waals surface area contributed by atoms with Crippen molar-refractivity contribution in [3.63, 3.8) is 0 Å². The highest BCUT2D eigenvalue weighted by atomic mass is 35.5. The van der Waals surface area contributed by atoms with Gasteiger partial charge in [0.1, 0.15) is 11.5 Å². The van der Waals surface area contributed by atoms with Gasteiger partial charge in [-0.25, -0.2) is 10.6 Å². The van der Waals surface area contributed by atoms with Gasteiger partial charge in [-0.1, -0.05) is 31.5 Å². The van der Waals surface area contributed by atoms with E-state index in [0.717, 1.165) is 31.4 Å². The van der Waals surface area contributed by atoms with Gasteiger partial charge in [-0.2, -0.15) is 4.98 Å². The Balaban J connectivity index is 0.00000210. The predicted octanol–water partition coefficient (Wildman–Crippen LogP) is 5.59. The number of halogens is 1. The molecule has 0 fully saturated rings. The third-order valence-electron chi connectivity index (χ3n) is 4.90. The number of unbranched alkanes of at least 4 members (excludes halogenated alkanes) is 2. The maximum absolute atomic E-state index is 11.3. The van der Waals surface area contributed by atoms with Crippen LogP contribution in [0.4, 0.5) is 0 Å². The first-order valence-corrected chi connectivity index (χ1v) is 11.9. The summed E-state index contributed by atoms with van der Waals surface area (Å²) in [5, 5.41) is 11.2. The van der Waals surface area contributed by atoms with Gasteiger partial charge in [0, 0.05) is 25.0 Å². The van der Waals surface area contributed by atoms with Crippen molar-refractivity contribution in [3.8, 4) is 17.5 Å². The van der Waals surface area contributed by atoms with E-state index in [9.17, 15) is 9.90 Å². The molecular weight excluding hydrogens is 470 g/mol. The van der Waals surface area contributed by atoms with Crippen molar-refractivity contribution < 1.29 is 19.4 Å². The van der Waals surface area contributed by atoms with Crippen LogP contribution in [0.15, 0.2) is 42.2 Å². The van der Waals surface area contributed by atoms with E-state index in [0.29, 0.717) is 39.7 Å². The second-order valence-electron chi connectivity index (χ2n) is 7.75. The molecule has 190 valence electrons. The molecule has 0 aliphatic rings. The fraction of sp³-hybridized carbons (Fsp3) is 0.360. The number of carboxylic acids is 1. The Labute approximate surface area is 210 Å². The minimum Gasteiger partial charge on any atom is -0.492 e. The summed E-state index contributed by atoms with van der Waals surface area (Å²) in [5.41, 5.74) is 8.75. The van der Waals surface area contributed by atoms with E-state index in [4.69, 9.17) is 32.7 Å². The van der Waals surface area contributed by atoms with Crippen molar-refractivity contribution >= 4 is 28.6 Å². The number of hydrogen-bond donors (Lipinski definition) is 4. The quantitative estimate of drug-likeness (QED) is 0.151. The van der Waals surface area contributed by atoms with Crippen LogP contribution in [-0.2, 0) is 0 Å². The first-order chi connectivity index (χ1) is 16.7. The van der Waals surface area contributed by atoms with E-state index in [1.54, 1.807) is 44.4 Å². The van der Waals surface area contributed by atoms with Gasteiger partial charge in [0.15, 0.2) is 0 Å². The van der Waals surface area contributed by atoms with Crippen LogP contribution in [0.3, 0.4) is 0 Å². The number of carboxylic acid groups (broad SMARTS) is 1. The first kappa shape index (κ1) is 27.8. The summed E-state index contributed by atoms with van der Waals surface area (Å²) in [4.78, 5) is 18.8. The van der Waals surface area contributed by atoms with Crippen molar-refractivity contribution in [1.82, 2.24) is 15.0 Å². The van der Waals surface area contributed by atoms with Gasteiger partial charge in [-0.05, 0) is 56.4 Å². The zero-order valence-corrected chi connectivity index (χ0v) is 21.4. The fourth-order valence-corrected chi connectivity index (χ4v) is 3.49. The molecule has 0 aliphatic carbocycles. The number of hydrazine groups is 1. The Bertz CT molecular complexity index is 1160. The lowest BCUT2D eigenvalue weighted by atomic mass is 10.1. The molecular formula is C25H34ClN5O4. The molecule has 0 bridgehead atoms. The van der Waals surface area contributed by atoms with E-state index < -0.39 is 5.97 Å². The smallest absolute Gasteiger partial charge is 0.336 e. The van der Waals surface area contributed by atoms with Crippen LogP contribution in [0.2, 0.25) is 5.02 Å². The number of ether oxygens (including phenoxy) is 2. The van der Waals surface area contributed by atoms with E-state index in [2.05, 4.69) is 9.97 Å². The second kappa shape index (κ2) is 13.5. The summed E-state index contributed by atoms with van der Waals surface area (Å²) in [6, 6.07) is 8.53. The molecule has 0 unspecified atom stereocenters. The molecule has 3 aromatic rings. The van der Waals surface area contributed by atoms with Gasteiger partial charge >= 0.3 is 5.97 Å². The number of rotatable bonds is 11. The zero-order chi connectivity index (χ0) is 26.0. The molecule has 0 spiro atoms. The average molecular weight is 504 g/mol. The number of nitrogens with one attached hydrogen (secondary N) is 1. The van der Waals surface area contributed by atoms with Gasteiger partial charge in [0.05, 0.1) is 28.2 Å². The Morgan fingerprint density at radius 3 is 2.66 bits per heavy atom. The Kier molecular flexibility index (Phi) is 10.7. The third-order valence-corrected chi connectivity index (χ3v) is 5.20. The number of nitrogens with two attached hydrogens (primary N) is 2. The fourth-order valence-electron chi connectivity index (χ4n) is 3.27. The van der Waals surface area contributed by atoms with Crippen molar-refractivity contribution in [2.75, 3.05) is 13.7 Å². The van der Waals surface area contributed by atoms with Crippen LogP contribution in [0, 0.1) is 6.92 Å². The highest BCUT2D eigenvalue weighted by Gasteiger charge is 2.13. The summed E-state index contributed by atoms with van der Waals surface area (Å²) >= 11 is 6.36. The average Bonchev–Trinajstić information content (AvgIpc) is 3.18. The molecule has 0 atom stereocenters. The minimum absolute atomic E-state index is 0.174. The van der Waals surface area contributed by atoms with Crippen molar-refractivity contribution in [2.24, 2.45) is 11.6 Å². The van der Waals surface area contributed by atoms with Crippen molar-refractivity contribution in [1.29, 1.82) is 0 Å². The highest BCUT2D eigenvalue weighted by molar-refractivity contribution is 6.32. The monoisotopic (exact) mass is 503 g/mol. The van der Waals surface area contributed by atoms with Crippen LogP contribution in [0.25, 0.3) is 11.0 Å². The number of carbonyl (C=O) groups is 1. The van der Waals surface area contributed by atoms with E-state index in [-0.39, 0.29) is 11.6 Å². The van der Waals surface area contributed by atoms with Gasteiger partial charge < -0.3 is 30.3 Å². The lowest BCUT2D eigenvalue weighted by molar-refractivity contribution is 0.0695. The number of hydrogen-bond acceptors (Lipinski definition) is 7. The second-order valence-corrected chi connectivity index (χ2v) is 8.16. The molecule has 1 heterocycles. The number of nitrogens with zero attached hydrogens (tertiary/aromatic N) is 2. The van der Waals surface area contributed by atoms with Gasteiger partial charge in [-0.15, -0.1) is 0 Å². The molecule has 10 heteroatoms.